The molecule has 0 aliphatic rings. The maximum atomic E-state index is 12.2. The van der Waals surface area contributed by atoms with E-state index >= 15 is 0 Å². The van der Waals surface area contributed by atoms with Gasteiger partial charge in [-0.05, 0) is 49.2 Å². The van der Waals surface area contributed by atoms with Gasteiger partial charge in [-0.25, -0.2) is 0 Å². The summed E-state index contributed by atoms with van der Waals surface area (Å²) in [5.41, 5.74) is 3.01. The van der Waals surface area contributed by atoms with E-state index in [1.54, 1.807) is 0 Å². The molecule has 5 nitrogen and oxygen atoms in total. The fourth-order valence-corrected chi connectivity index (χ4v) is 3.54. The van der Waals surface area contributed by atoms with Crippen LogP contribution in [0.5, 0.6) is 11.5 Å². The number of rotatable bonds is 10. The number of hydrogen-bond acceptors (Lipinski definition) is 4. The van der Waals surface area contributed by atoms with Gasteiger partial charge in [0.15, 0.2) is 18.1 Å². The molecule has 0 radical (unpaired) electrons. The molecule has 3 aromatic rings. The molecule has 1 amide bonds. The average Bonchev–Trinajstić information content (AvgIpc) is 2.79. The summed E-state index contributed by atoms with van der Waals surface area (Å²) in [6.45, 7) is 5.11. The monoisotopic (exact) mass is 482 g/mol. The lowest BCUT2D eigenvalue weighted by atomic mass is 10.1. The largest absolute Gasteiger partial charge is 0.490 e. The molecule has 0 fully saturated rings. The predicted octanol–water partition coefficient (Wildman–Crippen LogP) is 5.72. The van der Waals surface area contributed by atoms with Crippen LogP contribution in [0.25, 0.3) is 0 Å². The molecular weight excluding hydrogens is 456 g/mol. The molecule has 1 atom stereocenters. The molecule has 0 heterocycles. The van der Waals surface area contributed by atoms with Crippen LogP contribution in [-0.4, -0.2) is 19.1 Å². The van der Waals surface area contributed by atoms with E-state index in [2.05, 4.69) is 45.6 Å². The Bertz CT molecular complexity index is 981. The van der Waals surface area contributed by atoms with E-state index in [1.807, 2.05) is 67.6 Å². The van der Waals surface area contributed by atoms with Gasteiger partial charge in [-0.2, -0.15) is 0 Å². The van der Waals surface area contributed by atoms with Crippen molar-refractivity contribution in [2.45, 2.75) is 26.4 Å². The summed E-state index contributed by atoms with van der Waals surface area (Å²) in [6, 6.07) is 23.6. The van der Waals surface area contributed by atoms with E-state index in [0.29, 0.717) is 24.7 Å². The zero-order valence-corrected chi connectivity index (χ0v) is 19.3. The fraction of sp³-hybridized carbons (Fsp3) is 0.240. The Morgan fingerprint density at radius 2 is 1.61 bits per heavy atom. The fourth-order valence-electron chi connectivity index (χ4n) is 3.08. The van der Waals surface area contributed by atoms with Crippen molar-refractivity contribution in [2.75, 3.05) is 18.5 Å². The third-order valence-electron chi connectivity index (χ3n) is 4.73. The van der Waals surface area contributed by atoms with Crippen molar-refractivity contribution in [3.63, 3.8) is 0 Å². The van der Waals surface area contributed by atoms with Crippen molar-refractivity contribution in [1.82, 2.24) is 5.32 Å². The number of benzene rings is 3. The summed E-state index contributed by atoms with van der Waals surface area (Å²) in [5.74, 6) is 0.909. The number of nitrogens with one attached hydrogen (secondary N) is 2. The van der Waals surface area contributed by atoms with Crippen LogP contribution in [-0.2, 0) is 11.3 Å². The molecule has 0 bridgehead atoms. The summed E-state index contributed by atoms with van der Waals surface area (Å²) in [4.78, 5) is 12.2. The highest BCUT2D eigenvalue weighted by molar-refractivity contribution is 9.10. The van der Waals surface area contributed by atoms with Crippen molar-refractivity contribution in [2.24, 2.45) is 0 Å². The molecule has 0 spiro atoms. The van der Waals surface area contributed by atoms with Crippen LogP contribution in [0.1, 0.15) is 31.0 Å². The second kappa shape index (κ2) is 11.5. The normalized spacial score (nSPS) is 11.6. The summed E-state index contributed by atoms with van der Waals surface area (Å²) >= 11 is 3.62. The smallest absolute Gasteiger partial charge is 0.262 e. The van der Waals surface area contributed by atoms with Crippen molar-refractivity contribution >= 4 is 27.5 Å². The number of amides is 1. The minimum atomic E-state index is -0.229. The van der Waals surface area contributed by atoms with Crippen LogP contribution in [0.2, 0.25) is 0 Å². The van der Waals surface area contributed by atoms with Crippen molar-refractivity contribution < 1.29 is 14.3 Å². The maximum Gasteiger partial charge on any atom is 0.262 e. The lowest BCUT2D eigenvalue weighted by Gasteiger charge is -2.18. The topological polar surface area (TPSA) is 59.6 Å². The van der Waals surface area contributed by atoms with E-state index in [0.717, 1.165) is 15.7 Å². The number of hydrogen-bond donors (Lipinski definition) is 2. The lowest BCUT2D eigenvalue weighted by Crippen LogP contribution is -2.20. The first-order valence-corrected chi connectivity index (χ1v) is 11.1. The average molecular weight is 483 g/mol. The van der Waals surface area contributed by atoms with E-state index in [9.17, 15) is 4.79 Å². The van der Waals surface area contributed by atoms with Gasteiger partial charge in [0.05, 0.1) is 6.61 Å². The number of para-hydroxylation sites is 1. The molecule has 6 heteroatoms. The van der Waals surface area contributed by atoms with Crippen LogP contribution < -0.4 is 20.1 Å². The van der Waals surface area contributed by atoms with E-state index < -0.39 is 0 Å². The zero-order valence-electron chi connectivity index (χ0n) is 17.7. The van der Waals surface area contributed by atoms with Gasteiger partial charge in [0.25, 0.3) is 5.91 Å². The molecule has 0 aromatic heterocycles. The molecular formula is C25H27BrN2O3. The van der Waals surface area contributed by atoms with Gasteiger partial charge < -0.3 is 20.1 Å². The molecule has 0 unspecified atom stereocenters. The molecule has 0 saturated carbocycles. The third kappa shape index (κ3) is 6.84. The molecule has 31 heavy (non-hydrogen) atoms. The summed E-state index contributed by atoms with van der Waals surface area (Å²) in [6.07, 6.45) is 0. The minimum Gasteiger partial charge on any atom is -0.490 e. The number of carbonyl (C=O) groups excluding carboxylic acids is 1. The Morgan fingerprint density at radius 1 is 0.968 bits per heavy atom. The molecule has 3 rings (SSSR count). The molecule has 0 aliphatic heterocycles. The lowest BCUT2D eigenvalue weighted by molar-refractivity contribution is -0.118. The zero-order chi connectivity index (χ0) is 22.1. The Morgan fingerprint density at radius 3 is 2.29 bits per heavy atom. The van der Waals surface area contributed by atoms with Crippen molar-refractivity contribution in [3.8, 4) is 11.5 Å². The first-order chi connectivity index (χ1) is 15.1. The van der Waals surface area contributed by atoms with E-state index in [4.69, 9.17) is 9.47 Å². The predicted molar refractivity (Wildman–Crippen MR) is 128 cm³/mol. The highest BCUT2D eigenvalue weighted by atomic mass is 79.9. The van der Waals surface area contributed by atoms with Gasteiger partial charge in [-0.1, -0.05) is 64.5 Å². The Balaban J connectivity index is 1.64. The van der Waals surface area contributed by atoms with E-state index in [-0.39, 0.29) is 18.6 Å². The van der Waals surface area contributed by atoms with Gasteiger partial charge in [-0.15, -0.1) is 0 Å². The highest BCUT2D eigenvalue weighted by Crippen LogP contribution is 2.34. The quantitative estimate of drug-likeness (QED) is 0.388. The van der Waals surface area contributed by atoms with Crippen LogP contribution in [0, 0.1) is 0 Å². The molecule has 3 aromatic carbocycles. The molecule has 0 aliphatic carbocycles. The Hall–Kier alpha value is -2.83. The first kappa shape index (κ1) is 22.8. The highest BCUT2D eigenvalue weighted by Gasteiger charge is 2.14. The summed E-state index contributed by atoms with van der Waals surface area (Å²) < 4.78 is 12.4. The number of carbonyl (C=O) groups is 1. The molecule has 0 saturated heterocycles. The second-order valence-corrected chi connectivity index (χ2v) is 7.89. The van der Waals surface area contributed by atoms with Gasteiger partial charge >= 0.3 is 0 Å². The third-order valence-corrected chi connectivity index (χ3v) is 5.47. The minimum absolute atomic E-state index is 0.107. The van der Waals surface area contributed by atoms with Gasteiger partial charge in [0.1, 0.15) is 0 Å². The van der Waals surface area contributed by atoms with Gasteiger partial charge in [-0.3, -0.25) is 4.79 Å². The van der Waals surface area contributed by atoms with Crippen LogP contribution >= 0.6 is 15.9 Å². The van der Waals surface area contributed by atoms with Crippen molar-refractivity contribution in [3.05, 3.63) is 88.4 Å². The summed E-state index contributed by atoms with van der Waals surface area (Å²) in [7, 11) is 0. The standard InChI is InChI=1S/C25H27BrN2O3/c1-3-30-23-14-20(16-27-18(2)19-10-6-4-7-11-19)22(26)15-24(23)31-17-25(29)28-21-12-8-5-9-13-21/h4-15,18,27H,3,16-17H2,1-2H3,(H,28,29)/t18-/m0/s1. The van der Waals surface area contributed by atoms with E-state index in [1.165, 1.54) is 5.56 Å². The second-order valence-electron chi connectivity index (χ2n) is 7.04. The number of anilines is 1. The van der Waals surface area contributed by atoms with Crippen LogP contribution in [0.15, 0.2) is 77.3 Å². The van der Waals surface area contributed by atoms with Crippen molar-refractivity contribution in [1.29, 1.82) is 0 Å². The van der Waals surface area contributed by atoms with Gasteiger partial charge in [0.2, 0.25) is 0 Å². The number of halogens is 1. The first-order valence-electron chi connectivity index (χ1n) is 10.3. The van der Waals surface area contributed by atoms with Crippen LogP contribution in [0.3, 0.4) is 0 Å². The number of ether oxygens (including phenoxy) is 2. The molecule has 2 N–H and O–H groups in total. The maximum absolute atomic E-state index is 12.2. The van der Waals surface area contributed by atoms with Gasteiger partial charge in [0, 0.05) is 22.7 Å². The Kier molecular flexibility index (Phi) is 8.50. The SMILES string of the molecule is CCOc1cc(CN[C@@H](C)c2ccccc2)c(Br)cc1OCC(=O)Nc1ccccc1. The van der Waals surface area contributed by atoms with Crippen LogP contribution in [0.4, 0.5) is 5.69 Å². The summed E-state index contributed by atoms with van der Waals surface area (Å²) in [5, 5.41) is 6.34. The molecule has 162 valence electrons. The Labute approximate surface area is 191 Å².